The second-order valence-electron chi connectivity index (χ2n) is 0.600. The molecule has 0 radical (unpaired) electrons. The Morgan fingerprint density at radius 2 is 0.857 bits per heavy atom. The minimum absolute atomic E-state index is 3.00. The Morgan fingerprint density at radius 3 is 0.857 bits per heavy atom. The van der Waals surface area contributed by atoms with Gasteiger partial charge in [0.25, 0.3) is 0 Å². The maximum atomic E-state index is 7.38. The van der Waals surface area contributed by atoms with Gasteiger partial charge in [-0.3, -0.25) is 0 Å². The molecule has 0 rings (SSSR count). The fourth-order valence-corrected chi connectivity index (χ4v) is 0. The zero-order chi connectivity index (χ0) is 6.50. The molecule has 4 nitrogen and oxygen atoms in total. The molecule has 0 aromatic carbocycles. The third-order valence-corrected chi connectivity index (χ3v) is 0. The Bertz CT molecular complexity index is 33.4. The molecule has 7 heavy (non-hydrogen) atoms. The molecule has 5 heteroatoms. The number of hydrogen-bond donors (Lipinski definition) is 4. The quantitative estimate of drug-likeness (QED) is 0.248. The minimum atomic E-state index is -5.00. The van der Waals surface area contributed by atoms with Gasteiger partial charge in [-0.2, -0.15) is 0 Å². The fourth-order valence-electron chi connectivity index (χ4n) is 0. The molecule has 0 amide bonds. The van der Waals surface area contributed by atoms with Crippen molar-refractivity contribution in [3.05, 3.63) is 13.2 Å². The van der Waals surface area contributed by atoms with Crippen LogP contribution in [0.1, 0.15) is 0 Å². The molecule has 44 valence electrons. The van der Waals surface area contributed by atoms with Gasteiger partial charge in [-0.05, 0) is 0 Å². The van der Waals surface area contributed by atoms with E-state index >= 15 is 0 Å². The van der Waals surface area contributed by atoms with Crippen LogP contribution in [-0.2, 0) is 18.1 Å². The summed E-state index contributed by atoms with van der Waals surface area (Å²) >= 11 is -5.00. The van der Waals surface area contributed by atoms with E-state index in [1.165, 1.54) is 0 Å². The van der Waals surface area contributed by atoms with Gasteiger partial charge in [-0.25, -0.2) is 0 Å². The first-order chi connectivity index (χ1) is 3.00. The second-order valence-corrected chi connectivity index (χ2v) is 2.47. The van der Waals surface area contributed by atoms with Gasteiger partial charge in [-0.15, -0.1) is 13.2 Å². The van der Waals surface area contributed by atoms with E-state index in [0.29, 0.717) is 0 Å². The summed E-state index contributed by atoms with van der Waals surface area (Å²) < 4.78 is 29.5. The SMILES string of the molecule is C=C.[OH][Ti]([OH])([OH])[OH]. The molecule has 0 aliphatic carbocycles. The topological polar surface area (TPSA) is 80.9 Å². The molecule has 0 saturated heterocycles. The van der Waals surface area contributed by atoms with Crippen LogP contribution in [0, 0.1) is 0 Å². The van der Waals surface area contributed by atoms with Crippen LogP contribution < -0.4 is 0 Å². The van der Waals surface area contributed by atoms with E-state index in [1.54, 1.807) is 0 Å². The van der Waals surface area contributed by atoms with Crippen molar-refractivity contribution in [3.63, 3.8) is 0 Å². The second kappa shape index (κ2) is 4.45. The van der Waals surface area contributed by atoms with Gasteiger partial charge in [0, 0.05) is 0 Å². The third kappa shape index (κ3) is 1340. The van der Waals surface area contributed by atoms with Crippen LogP contribution in [-0.4, -0.2) is 14.8 Å². The van der Waals surface area contributed by atoms with Crippen molar-refractivity contribution in [1.29, 1.82) is 0 Å². The van der Waals surface area contributed by atoms with Gasteiger partial charge < -0.3 is 0 Å². The van der Waals surface area contributed by atoms with Crippen molar-refractivity contribution in [2.75, 3.05) is 0 Å². The molecule has 0 aromatic rings. The molecule has 0 spiro atoms. The van der Waals surface area contributed by atoms with E-state index in [4.69, 9.17) is 14.8 Å². The predicted octanol–water partition coefficient (Wildman–Crippen LogP) is -1.43. The molecule has 0 unspecified atom stereocenters. The molecular weight excluding hydrogens is 136 g/mol. The Labute approximate surface area is 46.6 Å². The van der Waals surface area contributed by atoms with Crippen molar-refractivity contribution >= 4 is 0 Å². The molecule has 0 atom stereocenters. The van der Waals surface area contributed by atoms with Crippen LogP contribution in [0.5, 0.6) is 0 Å². The molecule has 0 bridgehead atoms. The van der Waals surface area contributed by atoms with Crippen LogP contribution in [0.3, 0.4) is 0 Å². The van der Waals surface area contributed by atoms with Crippen LogP contribution in [0.15, 0.2) is 13.2 Å². The summed E-state index contributed by atoms with van der Waals surface area (Å²) in [5, 5.41) is 0. The Balaban J connectivity index is 0. The zero-order valence-electron chi connectivity index (χ0n) is 3.70. The van der Waals surface area contributed by atoms with Crippen LogP contribution >= 0.6 is 0 Å². The summed E-state index contributed by atoms with van der Waals surface area (Å²) in [6, 6.07) is 0. The number of hydrogen-bond acceptors (Lipinski definition) is 4. The van der Waals surface area contributed by atoms with Crippen molar-refractivity contribution in [3.8, 4) is 0 Å². The molecular formula is C2H8O4Ti. The summed E-state index contributed by atoms with van der Waals surface area (Å²) in [6.45, 7) is 6.00. The monoisotopic (exact) mass is 144 g/mol. The van der Waals surface area contributed by atoms with Crippen molar-refractivity contribution in [2.24, 2.45) is 0 Å². The third-order valence-electron chi connectivity index (χ3n) is 0. The number of rotatable bonds is 0. The first kappa shape index (κ1) is 10.3. The summed E-state index contributed by atoms with van der Waals surface area (Å²) in [4.78, 5) is 0. The van der Waals surface area contributed by atoms with Crippen LogP contribution in [0.2, 0.25) is 0 Å². The van der Waals surface area contributed by atoms with Gasteiger partial charge in [-0.1, -0.05) is 0 Å². The first-order valence-corrected chi connectivity index (χ1v) is 4.19. The van der Waals surface area contributed by atoms with E-state index in [9.17, 15) is 0 Å². The zero-order valence-corrected chi connectivity index (χ0v) is 5.26. The Kier molecular flexibility index (Phi) is 6.56. The summed E-state index contributed by atoms with van der Waals surface area (Å²) in [6.07, 6.45) is 0. The van der Waals surface area contributed by atoms with Gasteiger partial charge in [0.05, 0.1) is 0 Å². The Morgan fingerprint density at radius 1 is 0.857 bits per heavy atom. The van der Waals surface area contributed by atoms with Crippen molar-refractivity contribution in [1.82, 2.24) is 0 Å². The average molecular weight is 144 g/mol. The van der Waals surface area contributed by atoms with E-state index in [2.05, 4.69) is 13.2 Å². The molecule has 4 N–H and O–H groups in total. The van der Waals surface area contributed by atoms with E-state index in [1.807, 2.05) is 0 Å². The Hall–Kier alpha value is 0.294. The normalized spacial score (nSPS) is 9.14. The van der Waals surface area contributed by atoms with Gasteiger partial charge in [0.2, 0.25) is 0 Å². The molecule has 0 aromatic heterocycles. The van der Waals surface area contributed by atoms with Crippen LogP contribution in [0.4, 0.5) is 0 Å². The van der Waals surface area contributed by atoms with Gasteiger partial charge >= 0.3 is 32.9 Å². The summed E-state index contributed by atoms with van der Waals surface area (Å²) in [7, 11) is 0. The molecule has 0 aliphatic rings. The average Bonchev–Trinajstić information content (AvgIpc) is 1.36. The van der Waals surface area contributed by atoms with Gasteiger partial charge in [0.1, 0.15) is 0 Å². The molecule has 0 aliphatic heterocycles. The van der Waals surface area contributed by atoms with E-state index in [-0.39, 0.29) is 0 Å². The summed E-state index contributed by atoms with van der Waals surface area (Å²) in [5.74, 6) is 0. The van der Waals surface area contributed by atoms with E-state index < -0.39 is 18.1 Å². The molecule has 0 fully saturated rings. The molecule has 0 heterocycles. The van der Waals surface area contributed by atoms with Crippen molar-refractivity contribution in [2.45, 2.75) is 0 Å². The first-order valence-electron chi connectivity index (χ1n) is 1.39. The fraction of sp³-hybridized carbons (Fsp3) is 0. The maximum absolute atomic E-state index is 7.38. The van der Waals surface area contributed by atoms with Crippen LogP contribution in [0.25, 0.3) is 0 Å². The van der Waals surface area contributed by atoms with E-state index in [0.717, 1.165) is 0 Å². The van der Waals surface area contributed by atoms with Crippen molar-refractivity contribution < 1.29 is 32.9 Å². The van der Waals surface area contributed by atoms with Gasteiger partial charge in [0.15, 0.2) is 0 Å². The summed E-state index contributed by atoms with van der Waals surface area (Å²) in [5.41, 5.74) is 0. The molecule has 0 saturated carbocycles. The standard InChI is InChI=1S/C2H4.4H2O.Ti/c1-2;;;;;/h1-2H2;4*1H2;/q;;;;;+4/p-4. The predicted molar refractivity (Wildman–Crippen MR) is 20.1 cm³/mol.